The van der Waals surface area contributed by atoms with Gasteiger partial charge < -0.3 is 18.9 Å². The summed E-state index contributed by atoms with van der Waals surface area (Å²) in [6.07, 6.45) is 1.79. The van der Waals surface area contributed by atoms with Gasteiger partial charge in [-0.3, -0.25) is 4.79 Å². The van der Waals surface area contributed by atoms with Crippen LogP contribution in [0.2, 0.25) is 0 Å². The Hall–Kier alpha value is -2.77. The molecule has 2 aliphatic heterocycles. The summed E-state index contributed by atoms with van der Waals surface area (Å²) in [7, 11) is 3.31. The third-order valence-electron chi connectivity index (χ3n) is 7.02. The maximum atomic E-state index is 13.0. The zero-order chi connectivity index (χ0) is 25.7. The number of thioether (sulfide) groups is 2. The van der Waals surface area contributed by atoms with Gasteiger partial charge in [-0.1, -0.05) is 48.5 Å². The van der Waals surface area contributed by atoms with Crippen LogP contribution in [-0.4, -0.2) is 38.3 Å². The molecule has 37 heavy (non-hydrogen) atoms. The summed E-state index contributed by atoms with van der Waals surface area (Å²) in [4.78, 5) is 13.0. The van der Waals surface area contributed by atoms with Crippen molar-refractivity contribution in [3.8, 4) is 17.2 Å². The van der Waals surface area contributed by atoms with Gasteiger partial charge in [0.1, 0.15) is 12.4 Å². The van der Waals surface area contributed by atoms with Crippen molar-refractivity contribution in [2.45, 2.75) is 23.5 Å². The number of cyclic esters (lactones) is 1. The summed E-state index contributed by atoms with van der Waals surface area (Å²) in [5, 5.41) is 0. The highest BCUT2D eigenvalue weighted by Crippen LogP contribution is 2.59. The monoisotopic (exact) mass is 536 g/mol. The number of benzene rings is 3. The molecule has 2 aliphatic rings. The Bertz CT molecular complexity index is 1190. The SMILES string of the molecule is COc1ccc(C2(C3COC(=O)C3Cc3ccc(OCc4ccccc4)cc3)SCCCS2)cc1OC. The zero-order valence-electron chi connectivity index (χ0n) is 21.2. The van der Waals surface area contributed by atoms with E-state index in [1.807, 2.05) is 59.9 Å². The van der Waals surface area contributed by atoms with Crippen LogP contribution < -0.4 is 14.2 Å². The zero-order valence-corrected chi connectivity index (χ0v) is 22.8. The molecule has 3 aromatic carbocycles. The molecule has 3 aromatic rings. The van der Waals surface area contributed by atoms with Crippen LogP contribution in [-0.2, 0) is 26.6 Å². The Morgan fingerprint density at radius 1 is 0.892 bits per heavy atom. The topological polar surface area (TPSA) is 54.0 Å². The molecular formula is C30H32O5S2. The summed E-state index contributed by atoms with van der Waals surface area (Å²) in [5.74, 6) is 4.04. The number of rotatable bonds is 9. The largest absolute Gasteiger partial charge is 0.493 e. The molecular weight excluding hydrogens is 504 g/mol. The van der Waals surface area contributed by atoms with Gasteiger partial charge in [0.05, 0.1) is 30.8 Å². The van der Waals surface area contributed by atoms with E-state index in [0.717, 1.165) is 40.4 Å². The number of esters is 1. The number of ether oxygens (including phenoxy) is 4. The van der Waals surface area contributed by atoms with Gasteiger partial charge in [0.25, 0.3) is 0 Å². The fourth-order valence-electron chi connectivity index (χ4n) is 5.07. The van der Waals surface area contributed by atoms with Crippen molar-refractivity contribution in [2.75, 3.05) is 32.3 Å². The molecule has 0 aromatic heterocycles. The van der Waals surface area contributed by atoms with Crippen molar-refractivity contribution < 1.29 is 23.7 Å². The molecule has 2 heterocycles. The summed E-state index contributed by atoms with van der Waals surface area (Å²) in [5.41, 5.74) is 3.39. The van der Waals surface area contributed by atoms with E-state index in [2.05, 4.69) is 36.4 Å². The van der Waals surface area contributed by atoms with Crippen LogP contribution in [0.4, 0.5) is 0 Å². The van der Waals surface area contributed by atoms with Crippen molar-refractivity contribution in [3.05, 3.63) is 89.5 Å². The number of methoxy groups -OCH3 is 2. The lowest BCUT2D eigenvalue weighted by Gasteiger charge is -2.42. The molecule has 2 atom stereocenters. The first-order valence-corrected chi connectivity index (χ1v) is 14.5. The van der Waals surface area contributed by atoms with Crippen molar-refractivity contribution in [3.63, 3.8) is 0 Å². The van der Waals surface area contributed by atoms with Gasteiger partial charge in [-0.2, -0.15) is 0 Å². The fraction of sp³-hybridized carbons (Fsp3) is 0.367. The lowest BCUT2D eigenvalue weighted by molar-refractivity contribution is -0.141. The van der Waals surface area contributed by atoms with E-state index in [1.165, 1.54) is 0 Å². The van der Waals surface area contributed by atoms with Crippen LogP contribution in [0.25, 0.3) is 0 Å². The summed E-state index contributed by atoms with van der Waals surface area (Å²) in [6, 6.07) is 24.4. The Labute approximate surface area is 227 Å². The maximum absolute atomic E-state index is 13.0. The van der Waals surface area contributed by atoms with Gasteiger partial charge in [-0.25, -0.2) is 0 Å². The van der Waals surface area contributed by atoms with E-state index in [1.54, 1.807) is 14.2 Å². The normalized spacial score (nSPS) is 20.8. The highest BCUT2D eigenvalue weighted by atomic mass is 32.2. The predicted octanol–water partition coefficient (Wildman–Crippen LogP) is 6.34. The first-order valence-electron chi connectivity index (χ1n) is 12.6. The Kier molecular flexibility index (Phi) is 8.20. The minimum absolute atomic E-state index is 0.0439. The van der Waals surface area contributed by atoms with Crippen LogP contribution in [0.1, 0.15) is 23.1 Å². The maximum Gasteiger partial charge on any atom is 0.309 e. The van der Waals surface area contributed by atoms with Crippen LogP contribution in [0.15, 0.2) is 72.8 Å². The van der Waals surface area contributed by atoms with Crippen LogP contribution in [0, 0.1) is 11.8 Å². The van der Waals surface area contributed by atoms with E-state index in [-0.39, 0.29) is 21.9 Å². The minimum atomic E-state index is -0.284. The molecule has 5 nitrogen and oxygen atoms in total. The molecule has 2 fully saturated rings. The van der Waals surface area contributed by atoms with Crippen LogP contribution in [0.5, 0.6) is 17.2 Å². The minimum Gasteiger partial charge on any atom is -0.493 e. The van der Waals surface area contributed by atoms with Gasteiger partial charge in [0, 0.05) is 5.92 Å². The summed E-state index contributed by atoms with van der Waals surface area (Å²) >= 11 is 3.86. The van der Waals surface area contributed by atoms with E-state index in [4.69, 9.17) is 18.9 Å². The molecule has 0 bridgehead atoms. The smallest absolute Gasteiger partial charge is 0.309 e. The number of carbonyl (C=O) groups excluding carboxylic acids is 1. The average molecular weight is 537 g/mol. The molecule has 0 aliphatic carbocycles. The van der Waals surface area contributed by atoms with Gasteiger partial charge >= 0.3 is 5.97 Å². The Morgan fingerprint density at radius 3 is 2.32 bits per heavy atom. The molecule has 0 radical (unpaired) electrons. The number of hydrogen-bond acceptors (Lipinski definition) is 7. The molecule has 2 unspecified atom stereocenters. The second kappa shape index (κ2) is 11.7. The van der Waals surface area contributed by atoms with Crippen molar-refractivity contribution in [1.82, 2.24) is 0 Å². The first kappa shape index (κ1) is 25.9. The molecule has 0 N–H and O–H groups in total. The van der Waals surface area contributed by atoms with E-state index >= 15 is 0 Å². The Balaban J connectivity index is 1.36. The van der Waals surface area contributed by atoms with E-state index in [9.17, 15) is 4.79 Å². The highest BCUT2D eigenvalue weighted by molar-refractivity contribution is 8.18. The highest BCUT2D eigenvalue weighted by Gasteiger charge is 2.53. The van der Waals surface area contributed by atoms with Gasteiger partial charge in [-0.15, -0.1) is 23.5 Å². The van der Waals surface area contributed by atoms with Crippen LogP contribution >= 0.6 is 23.5 Å². The van der Waals surface area contributed by atoms with Crippen molar-refractivity contribution in [1.29, 1.82) is 0 Å². The second-order valence-electron chi connectivity index (χ2n) is 9.25. The van der Waals surface area contributed by atoms with Gasteiger partial charge in [-0.05, 0) is 65.3 Å². The molecule has 5 rings (SSSR count). The van der Waals surface area contributed by atoms with Crippen molar-refractivity contribution >= 4 is 29.5 Å². The molecule has 194 valence electrons. The molecule has 0 spiro atoms. The number of carbonyl (C=O) groups is 1. The predicted molar refractivity (Wildman–Crippen MR) is 150 cm³/mol. The van der Waals surface area contributed by atoms with Crippen LogP contribution in [0.3, 0.4) is 0 Å². The van der Waals surface area contributed by atoms with Gasteiger partial charge in [0.2, 0.25) is 0 Å². The average Bonchev–Trinajstić information content (AvgIpc) is 3.33. The van der Waals surface area contributed by atoms with E-state index < -0.39 is 0 Å². The lowest BCUT2D eigenvalue weighted by Crippen LogP contribution is -2.37. The Morgan fingerprint density at radius 2 is 1.62 bits per heavy atom. The molecule has 0 amide bonds. The third kappa shape index (κ3) is 5.58. The lowest BCUT2D eigenvalue weighted by atomic mass is 9.84. The fourth-order valence-corrected chi connectivity index (χ4v) is 8.75. The third-order valence-corrected chi connectivity index (χ3v) is 10.6. The summed E-state index contributed by atoms with van der Waals surface area (Å²) < 4.78 is 22.5. The number of hydrogen-bond donors (Lipinski definition) is 0. The van der Waals surface area contributed by atoms with E-state index in [0.29, 0.717) is 31.1 Å². The van der Waals surface area contributed by atoms with Gasteiger partial charge in [0.15, 0.2) is 11.5 Å². The summed E-state index contributed by atoms with van der Waals surface area (Å²) in [6.45, 7) is 0.954. The molecule has 2 saturated heterocycles. The molecule has 0 saturated carbocycles. The first-order chi connectivity index (χ1) is 18.1. The quantitative estimate of drug-likeness (QED) is 0.296. The standard InChI is InChI=1S/C30H32O5S2/c1-32-27-14-11-23(18-28(27)33-2)30(36-15-6-16-37-30)26-20-35-29(31)25(26)17-21-9-12-24(13-10-21)34-19-22-7-4-3-5-8-22/h3-5,7-14,18,25-26H,6,15-17,19-20H2,1-2H3. The molecule has 7 heteroatoms. The van der Waals surface area contributed by atoms with Crippen molar-refractivity contribution in [2.24, 2.45) is 11.8 Å². The second-order valence-corrected chi connectivity index (χ2v) is 12.2.